The summed E-state index contributed by atoms with van der Waals surface area (Å²) in [6.45, 7) is 5.03. The number of anilines is 1. The molecular weight excluding hydrogens is 645 g/mol. The molecule has 0 radical (unpaired) electrons. The van der Waals surface area contributed by atoms with Gasteiger partial charge in [0, 0.05) is 23.0 Å². The number of nitrogens with zero attached hydrogens (tertiary/aromatic N) is 2. The smallest absolute Gasteiger partial charge is 0.264 e. The monoisotopic (exact) mass is 679 g/mol. The zero-order valence-corrected chi connectivity index (χ0v) is 27.2. The summed E-state index contributed by atoms with van der Waals surface area (Å²) in [5.74, 6) is -1.53. The minimum absolute atomic E-state index is 0.0482. The van der Waals surface area contributed by atoms with Gasteiger partial charge in [-0.15, -0.1) is 0 Å². The normalized spacial score (nSPS) is 12.3. The minimum atomic E-state index is -4.30. The number of para-hydroxylation sites is 1. The Balaban J connectivity index is 1.80. The number of carbonyl (C=O) groups excluding carboxylic acids is 2. The van der Waals surface area contributed by atoms with Gasteiger partial charge >= 0.3 is 0 Å². The first-order valence-corrected chi connectivity index (χ1v) is 16.3. The van der Waals surface area contributed by atoms with E-state index >= 15 is 0 Å². The Bertz CT molecular complexity index is 1680. The van der Waals surface area contributed by atoms with Gasteiger partial charge in [0.1, 0.15) is 18.4 Å². The van der Waals surface area contributed by atoms with E-state index in [1.54, 1.807) is 30.3 Å². The van der Waals surface area contributed by atoms with Gasteiger partial charge in [0.25, 0.3) is 10.0 Å². The first kappa shape index (κ1) is 32.9. The van der Waals surface area contributed by atoms with Gasteiger partial charge in [-0.05, 0) is 80.4 Å². The predicted molar refractivity (Wildman–Crippen MR) is 174 cm³/mol. The van der Waals surface area contributed by atoms with Crippen LogP contribution < -0.4 is 9.62 Å². The van der Waals surface area contributed by atoms with E-state index in [1.807, 2.05) is 75.4 Å². The lowest BCUT2D eigenvalue weighted by molar-refractivity contribution is -0.140. The third-order valence-electron chi connectivity index (χ3n) is 6.74. The fraction of sp³-hybridized carbons (Fsp3) is 0.235. The molecule has 0 aliphatic rings. The lowest BCUT2D eigenvalue weighted by Crippen LogP contribution is -2.56. The van der Waals surface area contributed by atoms with Gasteiger partial charge in [0.15, 0.2) is 0 Å². The van der Waals surface area contributed by atoms with Gasteiger partial charge in [0.05, 0.1) is 10.6 Å². The average Bonchev–Trinajstić information content (AvgIpc) is 2.98. The summed E-state index contributed by atoms with van der Waals surface area (Å²) in [6.07, 6.45) is 0.207. The van der Waals surface area contributed by atoms with Crippen LogP contribution in [-0.4, -0.2) is 43.3 Å². The highest BCUT2D eigenvalue weighted by molar-refractivity contribution is 9.10. The van der Waals surface area contributed by atoms with Gasteiger partial charge < -0.3 is 10.2 Å². The Labute approximate surface area is 266 Å². The van der Waals surface area contributed by atoms with Crippen LogP contribution in [0.2, 0.25) is 0 Å². The Hall–Kier alpha value is -4.02. The molecule has 0 aliphatic heterocycles. The van der Waals surface area contributed by atoms with Gasteiger partial charge in [-0.2, -0.15) is 0 Å². The Morgan fingerprint density at radius 2 is 1.43 bits per heavy atom. The van der Waals surface area contributed by atoms with E-state index in [9.17, 15) is 22.4 Å². The molecule has 4 aromatic rings. The second kappa shape index (κ2) is 14.2. The molecule has 10 heteroatoms. The molecule has 1 atom stereocenters. The van der Waals surface area contributed by atoms with Crippen molar-refractivity contribution >= 4 is 43.5 Å². The SMILES string of the molecule is CC(C)(C)NC(=O)C(Cc1ccccc1)N(Cc1cccc(Br)c1)C(=O)CN(c1ccccc1)S(=O)(=O)c1ccc(F)cc1. The van der Waals surface area contributed by atoms with Crippen molar-refractivity contribution in [3.05, 3.63) is 131 Å². The highest BCUT2D eigenvalue weighted by atomic mass is 79.9. The molecule has 0 saturated heterocycles. The number of halogens is 2. The number of benzene rings is 4. The Kier molecular flexibility index (Phi) is 10.6. The van der Waals surface area contributed by atoms with E-state index in [2.05, 4.69) is 21.2 Å². The molecule has 0 aliphatic carbocycles. The molecule has 2 amide bonds. The highest BCUT2D eigenvalue weighted by Gasteiger charge is 2.35. The van der Waals surface area contributed by atoms with Crippen LogP contribution in [0.3, 0.4) is 0 Å². The number of amides is 2. The van der Waals surface area contributed by atoms with E-state index in [-0.39, 0.29) is 29.5 Å². The van der Waals surface area contributed by atoms with Crippen LogP contribution in [0.1, 0.15) is 31.9 Å². The maximum atomic E-state index is 14.4. The van der Waals surface area contributed by atoms with E-state index < -0.39 is 39.9 Å². The summed E-state index contributed by atoms with van der Waals surface area (Å²) in [5, 5.41) is 3.01. The first-order chi connectivity index (χ1) is 20.8. The third-order valence-corrected chi connectivity index (χ3v) is 9.02. The lowest BCUT2D eigenvalue weighted by atomic mass is 10.0. The Morgan fingerprint density at radius 3 is 2.02 bits per heavy atom. The van der Waals surface area contributed by atoms with Crippen LogP contribution in [0.15, 0.2) is 119 Å². The standard InChI is InChI=1S/C34H35BrFN3O4S/c1-34(2,3)37-33(41)31(22-25-11-6-4-7-12-25)38(23-26-13-10-14-27(35)21-26)32(40)24-39(29-15-8-5-9-16-29)44(42,43)30-19-17-28(36)18-20-30/h4-21,31H,22-24H2,1-3H3,(H,37,41). The molecule has 1 unspecified atom stereocenters. The number of hydrogen-bond acceptors (Lipinski definition) is 4. The number of carbonyl (C=O) groups is 2. The molecule has 0 saturated carbocycles. The van der Waals surface area contributed by atoms with Crippen molar-refractivity contribution in [3.63, 3.8) is 0 Å². The fourth-order valence-electron chi connectivity index (χ4n) is 4.70. The summed E-state index contributed by atoms with van der Waals surface area (Å²) >= 11 is 3.48. The summed E-state index contributed by atoms with van der Waals surface area (Å²) in [7, 11) is -4.30. The molecule has 1 N–H and O–H groups in total. The molecule has 7 nitrogen and oxygen atoms in total. The largest absolute Gasteiger partial charge is 0.350 e. The van der Waals surface area contributed by atoms with Crippen molar-refractivity contribution < 1.29 is 22.4 Å². The summed E-state index contributed by atoms with van der Waals surface area (Å²) in [4.78, 5) is 29.6. The zero-order chi connectivity index (χ0) is 31.9. The van der Waals surface area contributed by atoms with Crippen molar-refractivity contribution in [2.75, 3.05) is 10.8 Å². The minimum Gasteiger partial charge on any atom is -0.350 e. The zero-order valence-electron chi connectivity index (χ0n) is 24.8. The molecule has 0 fully saturated rings. The topological polar surface area (TPSA) is 86.8 Å². The molecular formula is C34H35BrFN3O4S. The third kappa shape index (κ3) is 8.76. The van der Waals surface area contributed by atoms with Gasteiger partial charge in [-0.3, -0.25) is 13.9 Å². The van der Waals surface area contributed by atoms with E-state index in [0.717, 1.165) is 32.0 Å². The van der Waals surface area contributed by atoms with E-state index in [0.29, 0.717) is 0 Å². The molecule has 4 aromatic carbocycles. The maximum absolute atomic E-state index is 14.4. The lowest BCUT2D eigenvalue weighted by Gasteiger charge is -2.35. The summed E-state index contributed by atoms with van der Waals surface area (Å²) < 4.78 is 43.4. The van der Waals surface area contributed by atoms with Crippen LogP contribution in [0, 0.1) is 5.82 Å². The van der Waals surface area contributed by atoms with E-state index in [1.165, 1.54) is 17.0 Å². The van der Waals surface area contributed by atoms with Crippen LogP contribution >= 0.6 is 15.9 Å². The number of rotatable bonds is 11. The van der Waals surface area contributed by atoms with E-state index in [4.69, 9.17) is 0 Å². The van der Waals surface area contributed by atoms with Crippen LogP contribution in [0.25, 0.3) is 0 Å². The van der Waals surface area contributed by atoms with Crippen LogP contribution in [-0.2, 0) is 32.6 Å². The van der Waals surface area contributed by atoms with Crippen LogP contribution in [0.5, 0.6) is 0 Å². The average molecular weight is 681 g/mol. The van der Waals surface area contributed by atoms with Crippen molar-refractivity contribution in [2.45, 2.75) is 50.2 Å². The Morgan fingerprint density at radius 1 is 0.841 bits per heavy atom. The van der Waals surface area contributed by atoms with Crippen molar-refractivity contribution in [1.82, 2.24) is 10.2 Å². The quantitative estimate of drug-likeness (QED) is 0.201. The number of sulfonamides is 1. The van der Waals surface area contributed by atoms with Crippen molar-refractivity contribution in [2.24, 2.45) is 0 Å². The highest BCUT2D eigenvalue weighted by Crippen LogP contribution is 2.25. The van der Waals surface area contributed by atoms with Crippen molar-refractivity contribution in [3.8, 4) is 0 Å². The summed E-state index contributed by atoms with van der Waals surface area (Å²) in [6, 6.07) is 28.5. The molecule has 4 rings (SSSR count). The molecule has 0 spiro atoms. The summed E-state index contributed by atoms with van der Waals surface area (Å²) in [5.41, 5.74) is 1.26. The molecule has 0 heterocycles. The van der Waals surface area contributed by atoms with Gasteiger partial charge in [0.2, 0.25) is 11.8 Å². The van der Waals surface area contributed by atoms with Crippen LogP contribution in [0.4, 0.5) is 10.1 Å². The number of hydrogen-bond donors (Lipinski definition) is 1. The maximum Gasteiger partial charge on any atom is 0.264 e. The fourth-order valence-corrected chi connectivity index (χ4v) is 6.56. The predicted octanol–water partition coefficient (Wildman–Crippen LogP) is 6.34. The number of nitrogens with one attached hydrogen (secondary N) is 1. The van der Waals surface area contributed by atoms with Gasteiger partial charge in [-0.25, -0.2) is 12.8 Å². The molecule has 230 valence electrons. The van der Waals surface area contributed by atoms with Crippen molar-refractivity contribution in [1.29, 1.82) is 0 Å². The second-order valence-corrected chi connectivity index (χ2v) is 14.2. The first-order valence-electron chi connectivity index (χ1n) is 14.1. The second-order valence-electron chi connectivity index (χ2n) is 11.4. The molecule has 44 heavy (non-hydrogen) atoms. The van der Waals surface area contributed by atoms with Gasteiger partial charge in [-0.1, -0.05) is 76.6 Å². The molecule has 0 bridgehead atoms. The molecule has 0 aromatic heterocycles.